The molecule has 17 nitrogen and oxygen atoms in total. The number of carbonyl (C=O) groups is 3. The minimum Gasteiger partial charge on any atom is -0.507 e. The summed E-state index contributed by atoms with van der Waals surface area (Å²) in [6.07, 6.45) is 0.555. The van der Waals surface area contributed by atoms with Crippen LogP contribution in [0.25, 0.3) is 0 Å². The second-order valence-corrected chi connectivity index (χ2v) is 16.7. The summed E-state index contributed by atoms with van der Waals surface area (Å²) in [5, 5.41) is 37.9. The number of hydrogen-bond donors (Lipinski definition) is 3. The topological polar surface area (TPSA) is 208 Å². The molecule has 0 aliphatic carbocycles. The molecule has 3 aromatic rings. The molecule has 7 aliphatic heterocycles. The van der Waals surface area contributed by atoms with Crippen molar-refractivity contribution in [1.29, 1.82) is 5.26 Å². The Labute approximate surface area is 354 Å². The third-order valence-corrected chi connectivity index (χ3v) is 14.2. The van der Waals surface area contributed by atoms with E-state index in [4.69, 9.17) is 37.9 Å². The lowest BCUT2D eigenvalue weighted by atomic mass is 9.71. The van der Waals surface area contributed by atoms with Gasteiger partial charge in [0, 0.05) is 46.6 Å². The van der Waals surface area contributed by atoms with Crippen molar-refractivity contribution in [3.8, 4) is 46.3 Å². The lowest BCUT2D eigenvalue weighted by Gasteiger charge is -2.62. The minimum absolute atomic E-state index is 0.0326. The fraction of sp³-hybridized carbons (Fsp3) is 0.395. The first-order chi connectivity index (χ1) is 29.4. The second kappa shape index (κ2) is 15.1. The number of carbonyl (C=O) groups excluding carboxylic acids is 3. The largest absolute Gasteiger partial charge is 0.518 e. The molecule has 0 aromatic heterocycles. The van der Waals surface area contributed by atoms with Gasteiger partial charge in [0.15, 0.2) is 40.0 Å². The van der Waals surface area contributed by atoms with Crippen molar-refractivity contribution in [2.24, 2.45) is 0 Å². The number of benzene rings is 3. The second-order valence-electron chi connectivity index (χ2n) is 15.6. The van der Waals surface area contributed by atoms with Gasteiger partial charge in [0.05, 0.1) is 43.0 Å². The average Bonchev–Trinajstić information content (AvgIpc) is 3.73. The zero-order chi connectivity index (χ0) is 43.1. The smallest absolute Gasteiger partial charge is 0.507 e. The molecular formula is C43H42N4O13S. The van der Waals surface area contributed by atoms with Crippen LogP contribution in [0.4, 0.5) is 9.59 Å². The molecule has 18 heteroatoms. The molecule has 61 heavy (non-hydrogen) atoms. The number of fused-ring (bicyclic) bond motifs is 9. The molecule has 3 aromatic carbocycles. The van der Waals surface area contributed by atoms with E-state index in [2.05, 4.69) is 29.4 Å². The molecule has 1 spiro atoms. The standard InChI is InChI=1S/C43H42N4O13S/c1-7-54-41(51)59-28-13-21-9-10-45-43(23(21)14-27(28)53-6)17-61-39-31-30(38-36(57-18-58-38)20(4)35(31)49)26(16-56-40(43)50)47-25(15-44)24-12-22-11-19(3)34(48)37(60-42(52)55-8-2)29(22)32(33(39)47)46(24)5/h7-8,11,13-14,24-26,32-33,39,45,48-49H,1-2,9-10,12,16-18H2,3-6H3/t24-,25-,26-,32+,33?,39+,43+/m0/s1. The number of esters is 1. The molecule has 10 rings (SSSR count). The van der Waals surface area contributed by atoms with Gasteiger partial charge in [-0.2, -0.15) is 5.26 Å². The van der Waals surface area contributed by atoms with Gasteiger partial charge < -0.3 is 48.1 Å². The molecule has 4 bridgehead atoms. The number of nitrogens with zero attached hydrogens (tertiary/aromatic N) is 3. The van der Waals surface area contributed by atoms with Crippen molar-refractivity contribution in [3.63, 3.8) is 0 Å². The maximum Gasteiger partial charge on any atom is 0.518 e. The highest BCUT2D eigenvalue weighted by Crippen LogP contribution is 2.64. The van der Waals surface area contributed by atoms with Crippen LogP contribution in [0.2, 0.25) is 0 Å². The van der Waals surface area contributed by atoms with Crippen LogP contribution in [-0.2, 0) is 37.4 Å². The summed E-state index contributed by atoms with van der Waals surface area (Å²) in [5.41, 5.74) is 2.98. The number of methoxy groups -OCH3 is 1. The van der Waals surface area contributed by atoms with Crippen LogP contribution in [0.3, 0.4) is 0 Å². The molecule has 2 saturated heterocycles. The normalized spacial score (nSPS) is 26.9. The molecule has 318 valence electrons. The molecule has 7 aliphatic rings. The van der Waals surface area contributed by atoms with Gasteiger partial charge in [-0.1, -0.05) is 19.2 Å². The summed E-state index contributed by atoms with van der Waals surface area (Å²) >= 11 is 1.37. The minimum atomic E-state index is -1.49. The first-order valence-electron chi connectivity index (χ1n) is 19.5. The van der Waals surface area contributed by atoms with E-state index >= 15 is 0 Å². The van der Waals surface area contributed by atoms with Crippen molar-refractivity contribution in [2.75, 3.05) is 39.9 Å². The van der Waals surface area contributed by atoms with Gasteiger partial charge in [0.25, 0.3) is 0 Å². The fourth-order valence-corrected chi connectivity index (χ4v) is 11.9. The Kier molecular flexibility index (Phi) is 9.97. The van der Waals surface area contributed by atoms with Gasteiger partial charge in [0.1, 0.15) is 18.4 Å². The third-order valence-electron chi connectivity index (χ3n) is 12.7. The van der Waals surface area contributed by atoms with E-state index in [0.29, 0.717) is 69.8 Å². The summed E-state index contributed by atoms with van der Waals surface area (Å²) in [7, 11) is 3.30. The maximum atomic E-state index is 14.9. The van der Waals surface area contributed by atoms with E-state index in [0.717, 1.165) is 18.1 Å². The van der Waals surface area contributed by atoms with Crippen LogP contribution in [-0.4, -0.2) is 96.3 Å². The highest BCUT2D eigenvalue weighted by Gasteiger charge is 2.62. The van der Waals surface area contributed by atoms with Crippen LogP contribution in [0, 0.1) is 25.2 Å². The Morgan fingerprint density at radius 2 is 1.74 bits per heavy atom. The number of ether oxygens (including phenoxy) is 8. The molecule has 1 unspecified atom stereocenters. The SMILES string of the molecule is C=COC(=O)Oc1cc2c(cc1OC)[C@@]1(CS[C@@H]3c4c(O)c(C)c5c(c4[C@H](COC1=O)N1C3[C@H]3c4c(cc(C)c(O)c4OC(=O)OC=C)C[C@@H]([C@@H]1C#N)N3C)OCO5)NCC2. The zero-order valence-electron chi connectivity index (χ0n) is 33.6. The maximum absolute atomic E-state index is 14.9. The fourth-order valence-electron chi connectivity index (χ4n) is 10.2. The lowest BCUT2D eigenvalue weighted by molar-refractivity contribution is -0.157. The molecular weight excluding hydrogens is 813 g/mol. The Morgan fingerprint density at radius 3 is 2.46 bits per heavy atom. The molecule has 2 fully saturated rings. The molecule has 0 saturated carbocycles. The number of nitriles is 1. The highest BCUT2D eigenvalue weighted by molar-refractivity contribution is 7.99. The molecule has 0 radical (unpaired) electrons. The van der Waals surface area contributed by atoms with Gasteiger partial charge in [0.2, 0.25) is 6.79 Å². The van der Waals surface area contributed by atoms with Gasteiger partial charge in [-0.3, -0.25) is 15.1 Å². The van der Waals surface area contributed by atoms with Crippen LogP contribution >= 0.6 is 11.8 Å². The van der Waals surface area contributed by atoms with Crippen LogP contribution in [0.5, 0.6) is 40.2 Å². The Balaban J connectivity index is 1.26. The number of hydrogen-bond acceptors (Lipinski definition) is 18. The Bertz CT molecular complexity index is 2470. The number of aryl methyl sites for hydroxylation is 1. The molecule has 7 atom stereocenters. The van der Waals surface area contributed by atoms with Gasteiger partial charge in [-0.25, -0.2) is 14.4 Å². The monoisotopic (exact) mass is 854 g/mol. The number of thioether (sulfide) groups is 1. The number of aromatic hydroxyl groups is 2. The van der Waals surface area contributed by atoms with Crippen molar-refractivity contribution in [2.45, 2.75) is 67.7 Å². The number of piperazine rings is 1. The van der Waals surface area contributed by atoms with E-state index in [-0.39, 0.29) is 47.9 Å². The number of phenols is 2. The van der Waals surface area contributed by atoms with E-state index < -0.39 is 59.3 Å². The van der Waals surface area contributed by atoms with Crippen molar-refractivity contribution in [3.05, 3.63) is 88.4 Å². The van der Waals surface area contributed by atoms with Gasteiger partial charge >= 0.3 is 18.3 Å². The molecule has 0 amide bonds. The summed E-state index contributed by atoms with van der Waals surface area (Å²) in [6.45, 7) is 10.3. The van der Waals surface area contributed by atoms with Gasteiger partial charge in [-0.05, 0) is 68.1 Å². The first-order valence-corrected chi connectivity index (χ1v) is 20.6. The quantitative estimate of drug-likeness (QED) is 0.128. The number of phenolic OH excluding ortho intramolecular Hbond substituents is 2. The van der Waals surface area contributed by atoms with Crippen molar-refractivity contribution >= 4 is 30.0 Å². The van der Waals surface area contributed by atoms with Gasteiger partial charge in [-0.15, -0.1) is 11.8 Å². The number of rotatable bonds is 5. The van der Waals surface area contributed by atoms with Crippen molar-refractivity contribution < 1.29 is 62.5 Å². The van der Waals surface area contributed by atoms with E-state index in [1.54, 1.807) is 26.0 Å². The number of likely N-dealkylation sites (N-methyl/N-ethyl adjacent to an activating group) is 1. The summed E-state index contributed by atoms with van der Waals surface area (Å²) in [5.74, 6) is 0.0391. The summed E-state index contributed by atoms with van der Waals surface area (Å²) < 4.78 is 45.1. The van der Waals surface area contributed by atoms with E-state index in [9.17, 15) is 29.9 Å². The van der Waals surface area contributed by atoms with E-state index in [1.165, 1.54) is 18.9 Å². The Morgan fingerprint density at radius 1 is 1.00 bits per heavy atom. The third kappa shape index (κ3) is 5.97. The molecule has 7 heterocycles. The predicted octanol–water partition coefficient (Wildman–Crippen LogP) is 5.37. The highest BCUT2D eigenvalue weighted by atomic mass is 32.2. The first kappa shape index (κ1) is 40.3. The van der Waals surface area contributed by atoms with Crippen LogP contribution < -0.4 is 29.0 Å². The van der Waals surface area contributed by atoms with Crippen LogP contribution in [0.15, 0.2) is 43.9 Å². The summed E-state index contributed by atoms with van der Waals surface area (Å²) in [6, 6.07) is 4.26. The predicted molar refractivity (Wildman–Crippen MR) is 215 cm³/mol. The summed E-state index contributed by atoms with van der Waals surface area (Å²) in [4.78, 5) is 44.3. The average molecular weight is 855 g/mol. The molecule has 3 N–H and O–H groups in total. The number of nitrogens with one attached hydrogen (secondary N) is 1. The van der Waals surface area contributed by atoms with Crippen LogP contribution in [0.1, 0.15) is 61.8 Å². The Hall–Kier alpha value is -6.13. The van der Waals surface area contributed by atoms with Crippen molar-refractivity contribution in [1.82, 2.24) is 15.1 Å². The van der Waals surface area contributed by atoms with E-state index in [1.807, 2.05) is 18.0 Å². The lowest BCUT2D eigenvalue weighted by Crippen LogP contribution is -2.69. The zero-order valence-corrected chi connectivity index (χ0v) is 34.5.